The van der Waals surface area contributed by atoms with Crippen molar-refractivity contribution < 1.29 is 19.2 Å². The van der Waals surface area contributed by atoms with Crippen LogP contribution in [0.25, 0.3) is 0 Å². The quantitative estimate of drug-likeness (QED) is 0.477. The molecule has 6 nitrogen and oxygen atoms in total. The molecule has 6 heteroatoms. The lowest BCUT2D eigenvalue weighted by Gasteiger charge is -2.36. The third-order valence-electron chi connectivity index (χ3n) is 3.77. The molecule has 0 bridgehead atoms. The van der Waals surface area contributed by atoms with E-state index in [2.05, 4.69) is 0 Å². The van der Waals surface area contributed by atoms with Gasteiger partial charge in [-0.3, -0.25) is 14.9 Å². The lowest BCUT2D eigenvalue weighted by atomic mass is 9.76. The van der Waals surface area contributed by atoms with Crippen LogP contribution in [0.2, 0.25) is 0 Å². The van der Waals surface area contributed by atoms with Crippen LogP contribution in [0, 0.1) is 16.0 Å². The molecule has 2 rings (SSSR count). The normalized spacial score (nSPS) is 29.7. The molecule has 0 unspecified atom stereocenters. The van der Waals surface area contributed by atoms with Crippen molar-refractivity contribution in [3.63, 3.8) is 0 Å². The zero-order valence-corrected chi connectivity index (χ0v) is 11.4. The molecule has 0 aromatic heterocycles. The summed E-state index contributed by atoms with van der Waals surface area (Å²) in [6.07, 6.45) is -0.413. The van der Waals surface area contributed by atoms with Crippen LogP contribution in [0.15, 0.2) is 30.3 Å². The van der Waals surface area contributed by atoms with E-state index in [1.807, 2.05) is 6.07 Å². The third kappa shape index (κ3) is 2.65. The summed E-state index contributed by atoms with van der Waals surface area (Å²) in [5.41, 5.74) is 0.764. The predicted molar refractivity (Wildman–Crippen MR) is 70.9 cm³/mol. The molecule has 0 saturated carbocycles. The SMILES string of the molecule is COC(=O)[C@@H]1[C@@H](c2ccccc2)[C@H]([N+](=O)[O-])CO[C@H]1C. The molecule has 4 atom stereocenters. The zero-order valence-electron chi connectivity index (χ0n) is 11.4. The number of methoxy groups -OCH3 is 1. The smallest absolute Gasteiger partial charge is 0.312 e. The van der Waals surface area contributed by atoms with Gasteiger partial charge < -0.3 is 9.47 Å². The Balaban J connectivity index is 2.44. The molecule has 1 aromatic rings. The lowest BCUT2D eigenvalue weighted by molar-refractivity contribution is -0.538. The van der Waals surface area contributed by atoms with Gasteiger partial charge in [-0.05, 0) is 12.5 Å². The number of hydrogen-bond acceptors (Lipinski definition) is 5. The van der Waals surface area contributed by atoms with Crippen LogP contribution < -0.4 is 0 Å². The summed E-state index contributed by atoms with van der Waals surface area (Å²) in [4.78, 5) is 22.9. The van der Waals surface area contributed by atoms with Gasteiger partial charge in [-0.25, -0.2) is 0 Å². The van der Waals surface area contributed by atoms with Crippen molar-refractivity contribution in [3.05, 3.63) is 46.0 Å². The number of carbonyl (C=O) groups excluding carboxylic acids is 1. The molecule has 0 aliphatic carbocycles. The predicted octanol–water partition coefficient (Wildman–Crippen LogP) is 1.62. The van der Waals surface area contributed by atoms with Gasteiger partial charge in [0.1, 0.15) is 6.61 Å². The van der Waals surface area contributed by atoms with Crippen LogP contribution in [0.3, 0.4) is 0 Å². The minimum atomic E-state index is -0.947. The highest BCUT2D eigenvalue weighted by Crippen LogP contribution is 2.37. The number of benzene rings is 1. The van der Waals surface area contributed by atoms with Crippen molar-refractivity contribution in [3.8, 4) is 0 Å². The highest BCUT2D eigenvalue weighted by Gasteiger charge is 2.49. The van der Waals surface area contributed by atoms with E-state index in [0.29, 0.717) is 0 Å². The van der Waals surface area contributed by atoms with E-state index in [1.54, 1.807) is 31.2 Å². The first kappa shape index (κ1) is 14.5. The molecule has 1 aliphatic heterocycles. The second-order valence-corrected chi connectivity index (χ2v) is 4.88. The number of rotatable bonds is 3. The van der Waals surface area contributed by atoms with Gasteiger partial charge in [-0.1, -0.05) is 30.3 Å². The van der Waals surface area contributed by atoms with Crippen LogP contribution >= 0.6 is 0 Å². The minimum Gasteiger partial charge on any atom is -0.469 e. The standard InChI is InChI=1S/C14H17NO5/c1-9-12(14(16)19-2)13(10-6-4-3-5-7-10)11(8-20-9)15(17)18/h3-7,9,11-13H,8H2,1-2H3/t9-,11+,12-,13-/m0/s1. The average molecular weight is 279 g/mol. The van der Waals surface area contributed by atoms with E-state index in [9.17, 15) is 14.9 Å². The van der Waals surface area contributed by atoms with Crippen LogP contribution in [-0.2, 0) is 14.3 Å². The van der Waals surface area contributed by atoms with Gasteiger partial charge in [-0.15, -0.1) is 0 Å². The van der Waals surface area contributed by atoms with E-state index in [1.165, 1.54) is 7.11 Å². The van der Waals surface area contributed by atoms with Crippen molar-refractivity contribution in [1.29, 1.82) is 0 Å². The van der Waals surface area contributed by atoms with Gasteiger partial charge in [-0.2, -0.15) is 0 Å². The monoisotopic (exact) mass is 279 g/mol. The summed E-state index contributed by atoms with van der Waals surface area (Å²) < 4.78 is 10.2. The van der Waals surface area contributed by atoms with Gasteiger partial charge in [0, 0.05) is 4.92 Å². The molecule has 0 N–H and O–H groups in total. The fraction of sp³-hybridized carbons (Fsp3) is 0.500. The topological polar surface area (TPSA) is 78.7 Å². The van der Waals surface area contributed by atoms with E-state index in [4.69, 9.17) is 9.47 Å². The molecule has 0 amide bonds. The number of hydrogen-bond donors (Lipinski definition) is 0. The maximum absolute atomic E-state index is 12.0. The number of carbonyl (C=O) groups is 1. The summed E-state index contributed by atoms with van der Waals surface area (Å²) in [5.74, 6) is -1.69. The minimum absolute atomic E-state index is 0.00121. The first-order valence-electron chi connectivity index (χ1n) is 6.44. The van der Waals surface area contributed by atoms with Gasteiger partial charge in [0.25, 0.3) is 0 Å². The van der Waals surface area contributed by atoms with Crippen molar-refractivity contribution in [2.75, 3.05) is 13.7 Å². The van der Waals surface area contributed by atoms with Gasteiger partial charge in [0.2, 0.25) is 6.04 Å². The second-order valence-electron chi connectivity index (χ2n) is 4.88. The van der Waals surface area contributed by atoms with Crippen molar-refractivity contribution >= 4 is 5.97 Å². The Bertz CT molecular complexity index is 490. The molecular weight excluding hydrogens is 262 g/mol. The largest absolute Gasteiger partial charge is 0.469 e. The second kappa shape index (κ2) is 6.00. The summed E-state index contributed by atoms with van der Waals surface area (Å²) in [6, 6.07) is 8.10. The third-order valence-corrected chi connectivity index (χ3v) is 3.77. The van der Waals surface area contributed by atoms with Gasteiger partial charge in [0.05, 0.1) is 25.0 Å². The molecule has 0 radical (unpaired) electrons. The van der Waals surface area contributed by atoms with Crippen LogP contribution in [0.5, 0.6) is 0 Å². The molecule has 1 aliphatic rings. The summed E-state index contributed by atoms with van der Waals surface area (Å²) in [7, 11) is 1.28. The fourth-order valence-electron chi connectivity index (χ4n) is 2.76. The Kier molecular flexibility index (Phi) is 4.34. The molecule has 0 spiro atoms. The fourth-order valence-corrected chi connectivity index (χ4v) is 2.76. The van der Waals surface area contributed by atoms with E-state index >= 15 is 0 Å². The van der Waals surface area contributed by atoms with Gasteiger partial charge in [0.15, 0.2) is 0 Å². The number of nitro groups is 1. The number of nitrogens with zero attached hydrogens (tertiary/aromatic N) is 1. The molecule has 1 aromatic carbocycles. The highest BCUT2D eigenvalue weighted by atomic mass is 16.6. The van der Waals surface area contributed by atoms with Crippen molar-refractivity contribution in [1.82, 2.24) is 0 Å². The molecule has 1 fully saturated rings. The summed E-state index contributed by atoms with van der Waals surface area (Å²) >= 11 is 0. The van der Waals surface area contributed by atoms with E-state index < -0.39 is 30.0 Å². The molecular formula is C14H17NO5. The summed E-state index contributed by atoms with van der Waals surface area (Å²) in [5, 5.41) is 11.3. The van der Waals surface area contributed by atoms with Crippen LogP contribution in [0.1, 0.15) is 18.4 Å². The first-order chi connectivity index (χ1) is 9.56. The maximum Gasteiger partial charge on any atom is 0.312 e. The van der Waals surface area contributed by atoms with E-state index in [-0.39, 0.29) is 11.5 Å². The number of ether oxygens (including phenoxy) is 2. The van der Waals surface area contributed by atoms with E-state index in [0.717, 1.165) is 5.56 Å². The van der Waals surface area contributed by atoms with Crippen molar-refractivity contribution in [2.24, 2.45) is 5.92 Å². The first-order valence-corrected chi connectivity index (χ1v) is 6.44. The van der Waals surface area contributed by atoms with Crippen molar-refractivity contribution in [2.45, 2.75) is 25.0 Å². The Hall–Kier alpha value is -1.95. The Morgan fingerprint density at radius 2 is 2.05 bits per heavy atom. The lowest BCUT2D eigenvalue weighted by Crippen LogP contribution is -2.49. The van der Waals surface area contributed by atoms with Crippen LogP contribution in [0.4, 0.5) is 0 Å². The highest BCUT2D eigenvalue weighted by molar-refractivity contribution is 5.74. The zero-order chi connectivity index (χ0) is 14.7. The Morgan fingerprint density at radius 1 is 1.40 bits per heavy atom. The van der Waals surface area contributed by atoms with Gasteiger partial charge >= 0.3 is 5.97 Å². The molecule has 1 heterocycles. The molecule has 108 valence electrons. The number of esters is 1. The molecule has 20 heavy (non-hydrogen) atoms. The molecule has 1 saturated heterocycles. The Morgan fingerprint density at radius 3 is 2.60 bits per heavy atom. The maximum atomic E-state index is 12.0. The average Bonchev–Trinajstić information content (AvgIpc) is 2.46. The Labute approximate surface area is 116 Å². The van der Waals surface area contributed by atoms with Crippen LogP contribution in [-0.4, -0.2) is 36.8 Å². The summed E-state index contributed by atoms with van der Waals surface area (Å²) in [6.45, 7) is 1.74.